The highest BCUT2D eigenvalue weighted by Crippen LogP contribution is 2.13. The van der Waals surface area contributed by atoms with E-state index in [0.29, 0.717) is 26.1 Å². The van der Waals surface area contributed by atoms with Crippen molar-refractivity contribution in [3.63, 3.8) is 0 Å². The molecular weight excluding hydrogens is 233 g/mol. The molecule has 4 nitrogen and oxygen atoms in total. The number of halogens is 1. The first kappa shape index (κ1) is 14.6. The van der Waals surface area contributed by atoms with Crippen LogP contribution in [0.15, 0.2) is 18.2 Å². The Balaban J connectivity index is 2.60. The van der Waals surface area contributed by atoms with Crippen LogP contribution in [0.25, 0.3) is 0 Å². The lowest BCUT2D eigenvalue weighted by atomic mass is 10.1. The van der Waals surface area contributed by atoms with Crippen molar-refractivity contribution in [3.05, 3.63) is 35.1 Å². The number of nitrogens with zero attached hydrogens (tertiary/aromatic N) is 1. The van der Waals surface area contributed by atoms with E-state index in [1.807, 2.05) is 11.9 Å². The smallest absolute Gasteiger partial charge is 0.221 e. The first-order valence-electron chi connectivity index (χ1n) is 5.93. The number of nitrogens with one attached hydrogen (secondary N) is 1. The van der Waals surface area contributed by atoms with Gasteiger partial charge in [0.2, 0.25) is 5.91 Å². The SMILES string of the molecule is CNC(=O)CCN(C)Cc1cc(F)ccc1CN. The summed E-state index contributed by atoms with van der Waals surface area (Å²) < 4.78 is 13.2. The van der Waals surface area contributed by atoms with E-state index in [1.54, 1.807) is 13.1 Å². The molecule has 0 fully saturated rings. The Morgan fingerprint density at radius 3 is 2.78 bits per heavy atom. The van der Waals surface area contributed by atoms with Gasteiger partial charge in [0.25, 0.3) is 0 Å². The topological polar surface area (TPSA) is 58.4 Å². The third-order valence-corrected chi connectivity index (χ3v) is 2.83. The Morgan fingerprint density at radius 1 is 1.44 bits per heavy atom. The normalized spacial score (nSPS) is 10.7. The Hall–Kier alpha value is -1.46. The number of hydrogen-bond donors (Lipinski definition) is 2. The van der Waals surface area contributed by atoms with Gasteiger partial charge in [-0.25, -0.2) is 4.39 Å². The number of carbonyl (C=O) groups is 1. The number of hydrogen-bond acceptors (Lipinski definition) is 3. The van der Waals surface area contributed by atoms with Gasteiger partial charge in [-0.05, 0) is 30.3 Å². The lowest BCUT2D eigenvalue weighted by molar-refractivity contribution is -0.120. The maximum atomic E-state index is 13.2. The molecule has 0 saturated carbocycles. The van der Waals surface area contributed by atoms with Gasteiger partial charge >= 0.3 is 0 Å². The van der Waals surface area contributed by atoms with E-state index in [1.165, 1.54) is 12.1 Å². The largest absolute Gasteiger partial charge is 0.359 e. The molecule has 1 aromatic carbocycles. The maximum absolute atomic E-state index is 13.2. The van der Waals surface area contributed by atoms with Gasteiger partial charge in [0.05, 0.1) is 0 Å². The molecule has 0 saturated heterocycles. The van der Waals surface area contributed by atoms with Gasteiger partial charge < -0.3 is 16.0 Å². The van der Waals surface area contributed by atoms with E-state index >= 15 is 0 Å². The summed E-state index contributed by atoms with van der Waals surface area (Å²) in [4.78, 5) is 13.1. The van der Waals surface area contributed by atoms with Gasteiger partial charge in [-0.2, -0.15) is 0 Å². The van der Waals surface area contributed by atoms with Crippen LogP contribution in [0, 0.1) is 5.82 Å². The highest BCUT2D eigenvalue weighted by atomic mass is 19.1. The molecule has 0 radical (unpaired) electrons. The molecule has 1 aromatic rings. The fourth-order valence-corrected chi connectivity index (χ4v) is 1.73. The molecule has 3 N–H and O–H groups in total. The van der Waals surface area contributed by atoms with Crippen LogP contribution in [-0.2, 0) is 17.9 Å². The minimum Gasteiger partial charge on any atom is -0.359 e. The zero-order chi connectivity index (χ0) is 13.5. The van der Waals surface area contributed by atoms with Crippen LogP contribution < -0.4 is 11.1 Å². The van der Waals surface area contributed by atoms with Crippen LogP contribution >= 0.6 is 0 Å². The molecule has 18 heavy (non-hydrogen) atoms. The van der Waals surface area contributed by atoms with Gasteiger partial charge in [0.15, 0.2) is 0 Å². The second-order valence-electron chi connectivity index (χ2n) is 4.28. The minimum absolute atomic E-state index is 0.000130. The second kappa shape index (κ2) is 7.08. The van der Waals surface area contributed by atoms with E-state index in [4.69, 9.17) is 5.73 Å². The first-order chi connectivity index (χ1) is 8.56. The summed E-state index contributed by atoms with van der Waals surface area (Å²) in [6.07, 6.45) is 0.431. The minimum atomic E-state index is -0.262. The third kappa shape index (κ3) is 4.43. The summed E-state index contributed by atoms with van der Waals surface area (Å²) in [5.41, 5.74) is 7.42. The molecule has 0 heterocycles. The average Bonchev–Trinajstić information content (AvgIpc) is 2.36. The molecule has 0 unspecified atom stereocenters. The van der Waals surface area contributed by atoms with E-state index in [0.717, 1.165) is 11.1 Å². The maximum Gasteiger partial charge on any atom is 0.221 e. The highest BCUT2D eigenvalue weighted by molar-refractivity contribution is 5.75. The van der Waals surface area contributed by atoms with Crippen LogP contribution in [0.1, 0.15) is 17.5 Å². The lowest BCUT2D eigenvalue weighted by Gasteiger charge is -2.18. The lowest BCUT2D eigenvalue weighted by Crippen LogP contribution is -2.26. The molecule has 1 rings (SSSR count). The van der Waals surface area contributed by atoms with Crippen LogP contribution in [0.3, 0.4) is 0 Å². The molecule has 0 atom stereocenters. The van der Waals surface area contributed by atoms with Crippen molar-refractivity contribution < 1.29 is 9.18 Å². The van der Waals surface area contributed by atoms with Crippen molar-refractivity contribution in [1.29, 1.82) is 0 Å². The van der Waals surface area contributed by atoms with Crippen LogP contribution in [0.4, 0.5) is 4.39 Å². The van der Waals surface area contributed by atoms with Gasteiger partial charge in [-0.15, -0.1) is 0 Å². The molecule has 0 aromatic heterocycles. The number of rotatable bonds is 6. The fraction of sp³-hybridized carbons (Fsp3) is 0.462. The zero-order valence-corrected chi connectivity index (χ0v) is 10.9. The summed E-state index contributed by atoms with van der Waals surface area (Å²) >= 11 is 0. The monoisotopic (exact) mass is 253 g/mol. The molecule has 0 bridgehead atoms. The van der Waals surface area contributed by atoms with Crippen molar-refractivity contribution in [1.82, 2.24) is 10.2 Å². The fourth-order valence-electron chi connectivity index (χ4n) is 1.73. The van der Waals surface area contributed by atoms with Crippen molar-refractivity contribution in [2.45, 2.75) is 19.5 Å². The molecule has 100 valence electrons. The first-order valence-corrected chi connectivity index (χ1v) is 5.93. The van der Waals surface area contributed by atoms with E-state index in [-0.39, 0.29) is 11.7 Å². The summed E-state index contributed by atoms with van der Waals surface area (Å²) in [5.74, 6) is -0.262. The molecule has 1 amide bonds. The number of amides is 1. The number of nitrogens with two attached hydrogens (primary N) is 1. The predicted octanol–water partition coefficient (Wildman–Crippen LogP) is 0.852. The third-order valence-electron chi connectivity index (χ3n) is 2.83. The number of carbonyl (C=O) groups excluding carboxylic acids is 1. The van der Waals surface area contributed by atoms with Crippen molar-refractivity contribution >= 4 is 5.91 Å². The van der Waals surface area contributed by atoms with Crippen molar-refractivity contribution in [3.8, 4) is 0 Å². The van der Waals surface area contributed by atoms with E-state index < -0.39 is 0 Å². The average molecular weight is 253 g/mol. The van der Waals surface area contributed by atoms with E-state index in [2.05, 4.69) is 5.32 Å². The Bertz CT molecular complexity index is 409. The number of benzene rings is 1. The van der Waals surface area contributed by atoms with Gasteiger partial charge in [0, 0.05) is 33.1 Å². The van der Waals surface area contributed by atoms with Gasteiger partial charge in [0.1, 0.15) is 5.82 Å². The molecule has 0 aliphatic rings. The molecule has 0 aliphatic carbocycles. The summed E-state index contributed by atoms with van der Waals surface area (Å²) in [6.45, 7) is 1.60. The summed E-state index contributed by atoms with van der Waals surface area (Å²) in [5, 5.41) is 2.57. The van der Waals surface area contributed by atoms with Crippen molar-refractivity contribution in [2.75, 3.05) is 20.6 Å². The van der Waals surface area contributed by atoms with Gasteiger partial charge in [-0.3, -0.25) is 4.79 Å². The van der Waals surface area contributed by atoms with Crippen LogP contribution in [-0.4, -0.2) is 31.4 Å². The predicted molar refractivity (Wildman–Crippen MR) is 69.3 cm³/mol. The van der Waals surface area contributed by atoms with Gasteiger partial charge in [-0.1, -0.05) is 6.07 Å². The summed E-state index contributed by atoms with van der Waals surface area (Å²) in [7, 11) is 3.51. The molecule has 0 aliphatic heterocycles. The molecule has 0 spiro atoms. The summed E-state index contributed by atoms with van der Waals surface area (Å²) in [6, 6.07) is 4.62. The quantitative estimate of drug-likeness (QED) is 0.790. The van der Waals surface area contributed by atoms with Crippen molar-refractivity contribution in [2.24, 2.45) is 5.73 Å². The highest BCUT2D eigenvalue weighted by Gasteiger charge is 2.07. The Morgan fingerprint density at radius 2 is 2.17 bits per heavy atom. The standard InChI is InChI=1S/C13H20FN3O/c1-16-13(18)5-6-17(2)9-11-7-12(14)4-3-10(11)8-15/h3-4,7H,5-6,8-9,15H2,1-2H3,(H,16,18). The van der Waals surface area contributed by atoms with Crippen LogP contribution in [0.5, 0.6) is 0 Å². The Kier molecular flexibility index (Phi) is 5.74. The van der Waals surface area contributed by atoms with E-state index in [9.17, 15) is 9.18 Å². The second-order valence-corrected chi connectivity index (χ2v) is 4.28. The van der Waals surface area contributed by atoms with Crippen LogP contribution in [0.2, 0.25) is 0 Å². The molecular formula is C13H20FN3O. The Labute approximate surface area is 107 Å². The zero-order valence-electron chi connectivity index (χ0n) is 10.9. The molecule has 5 heteroatoms.